The molecule has 25 heavy (non-hydrogen) atoms. The summed E-state index contributed by atoms with van der Waals surface area (Å²) in [6, 6.07) is 11.0. The highest BCUT2D eigenvalue weighted by Gasteiger charge is 2.22. The molecule has 2 N–H and O–H groups in total. The number of hydrogen-bond acceptors (Lipinski definition) is 4. The van der Waals surface area contributed by atoms with E-state index in [1.54, 1.807) is 12.1 Å². The Morgan fingerprint density at radius 3 is 2.76 bits per heavy atom. The van der Waals surface area contributed by atoms with Crippen molar-refractivity contribution in [3.05, 3.63) is 53.1 Å². The first-order valence-electron chi connectivity index (χ1n) is 8.06. The summed E-state index contributed by atoms with van der Waals surface area (Å²) in [7, 11) is -2.24. The summed E-state index contributed by atoms with van der Waals surface area (Å²) in [5, 5.41) is 3.30. The molecule has 0 spiro atoms. The predicted molar refractivity (Wildman–Crippen MR) is 102 cm³/mol. The molecule has 0 aromatic heterocycles. The number of aryl methyl sites for hydroxylation is 1. The minimum absolute atomic E-state index is 0. The molecule has 0 fully saturated rings. The normalized spacial score (nSPS) is 13.5. The lowest BCUT2D eigenvalue weighted by Crippen LogP contribution is -2.25. The van der Waals surface area contributed by atoms with Crippen molar-refractivity contribution < 1.29 is 13.2 Å². The number of rotatable bonds is 5. The molecule has 0 amide bonds. The molecular formula is C18H23ClN2O3S. The fraction of sp³-hybridized carbons (Fsp3) is 0.333. The van der Waals surface area contributed by atoms with Crippen LogP contribution in [0.3, 0.4) is 0 Å². The van der Waals surface area contributed by atoms with Crippen molar-refractivity contribution in [1.82, 2.24) is 5.32 Å². The monoisotopic (exact) mass is 382 g/mol. The van der Waals surface area contributed by atoms with E-state index < -0.39 is 10.0 Å². The minimum Gasteiger partial charge on any atom is -0.495 e. The highest BCUT2D eigenvalue weighted by atomic mass is 35.5. The van der Waals surface area contributed by atoms with Gasteiger partial charge in [-0.05, 0) is 54.3 Å². The van der Waals surface area contributed by atoms with Gasteiger partial charge in [0, 0.05) is 6.54 Å². The van der Waals surface area contributed by atoms with E-state index >= 15 is 0 Å². The molecule has 0 unspecified atom stereocenters. The van der Waals surface area contributed by atoms with Crippen LogP contribution < -0.4 is 14.8 Å². The molecule has 0 aliphatic carbocycles. The van der Waals surface area contributed by atoms with Gasteiger partial charge in [0.05, 0.1) is 12.8 Å². The molecular weight excluding hydrogens is 360 g/mol. The van der Waals surface area contributed by atoms with Crippen molar-refractivity contribution >= 4 is 28.1 Å². The summed E-state index contributed by atoms with van der Waals surface area (Å²) in [5.41, 5.74) is 3.80. The number of halogens is 1. The molecule has 2 aromatic carbocycles. The van der Waals surface area contributed by atoms with Crippen LogP contribution in [0.25, 0.3) is 0 Å². The van der Waals surface area contributed by atoms with Gasteiger partial charge in [-0.15, -0.1) is 12.4 Å². The summed E-state index contributed by atoms with van der Waals surface area (Å²) < 4.78 is 33.9. The second kappa shape index (κ2) is 8.08. The van der Waals surface area contributed by atoms with Gasteiger partial charge in [0.15, 0.2) is 0 Å². The molecule has 136 valence electrons. The van der Waals surface area contributed by atoms with Crippen molar-refractivity contribution in [3.63, 3.8) is 0 Å². The first kappa shape index (κ1) is 19.6. The Kier molecular flexibility index (Phi) is 6.32. The van der Waals surface area contributed by atoms with E-state index in [0.717, 1.165) is 42.6 Å². The minimum atomic E-state index is -3.72. The maximum atomic E-state index is 12.9. The van der Waals surface area contributed by atoms with E-state index in [9.17, 15) is 8.42 Å². The van der Waals surface area contributed by atoms with Crippen LogP contribution in [0.2, 0.25) is 0 Å². The third-order valence-corrected chi connectivity index (χ3v) is 5.70. The van der Waals surface area contributed by atoms with Gasteiger partial charge in [-0.2, -0.15) is 0 Å². The van der Waals surface area contributed by atoms with Crippen molar-refractivity contribution in [3.8, 4) is 5.75 Å². The van der Waals surface area contributed by atoms with Crippen LogP contribution in [0.15, 0.2) is 41.3 Å². The van der Waals surface area contributed by atoms with Gasteiger partial charge >= 0.3 is 0 Å². The second-order valence-electron chi connectivity index (χ2n) is 5.81. The molecule has 0 saturated heterocycles. The quantitative estimate of drug-likeness (QED) is 0.833. The van der Waals surface area contributed by atoms with E-state index in [0.29, 0.717) is 11.4 Å². The zero-order chi connectivity index (χ0) is 17.2. The molecule has 0 atom stereocenters. The Balaban J connectivity index is 0.00000225. The summed E-state index contributed by atoms with van der Waals surface area (Å²) in [6.07, 6.45) is 1.57. The average Bonchev–Trinajstić information content (AvgIpc) is 2.61. The molecule has 1 heterocycles. The van der Waals surface area contributed by atoms with Crippen molar-refractivity contribution in [2.45, 2.75) is 31.2 Å². The van der Waals surface area contributed by atoms with Crippen LogP contribution in [0, 0.1) is 0 Å². The summed E-state index contributed by atoms with van der Waals surface area (Å²) in [5.74, 6) is 0.353. The zero-order valence-electron chi connectivity index (χ0n) is 14.3. The number of sulfonamides is 1. The van der Waals surface area contributed by atoms with Crippen LogP contribution >= 0.6 is 12.4 Å². The largest absolute Gasteiger partial charge is 0.495 e. The lowest BCUT2D eigenvalue weighted by atomic mass is 9.99. The standard InChI is InChI=1S/C18H22N2O3S.ClH/c1-3-13-7-8-17(23-2)18(11-13)24(21,22)20-16-6-4-5-14-12-19-10-9-15(14)16;/h4-8,11,19-20H,3,9-10,12H2,1-2H3;1H. The summed E-state index contributed by atoms with van der Waals surface area (Å²) in [6.45, 7) is 3.60. The number of anilines is 1. The van der Waals surface area contributed by atoms with Crippen LogP contribution in [-0.4, -0.2) is 22.1 Å². The van der Waals surface area contributed by atoms with Gasteiger partial charge in [-0.25, -0.2) is 8.42 Å². The maximum absolute atomic E-state index is 12.9. The first-order chi connectivity index (χ1) is 11.5. The lowest BCUT2D eigenvalue weighted by molar-refractivity contribution is 0.402. The summed E-state index contributed by atoms with van der Waals surface area (Å²) >= 11 is 0. The highest BCUT2D eigenvalue weighted by Crippen LogP contribution is 2.30. The maximum Gasteiger partial charge on any atom is 0.265 e. The third kappa shape index (κ3) is 4.08. The molecule has 3 rings (SSSR count). The lowest BCUT2D eigenvalue weighted by Gasteiger charge is -2.21. The second-order valence-corrected chi connectivity index (χ2v) is 7.47. The van der Waals surface area contributed by atoms with Crippen LogP contribution in [0.5, 0.6) is 5.75 Å². The first-order valence-corrected chi connectivity index (χ1v) is 9.54. The number of fused-ring (bicyclic) bond motifs is 1. The van der Waals surface area contributed by atoms with Crippen LogP contribution in [0.1, 0.15) is 23.6 Å². The fourth-order valence-corrected chi connectivity index (χ4v) is 4.29. The van der Waals surface area contributed by atoms with Crippen molar-refractivity contribution in [1.29, 1.82) is 0 Å². The Morgan fingerprint density at radius 2 is 2.04 bits per heavy atom. The number of hydrogen-bond donors (Lipinski definition) is 2. The predicted octanol–water partition coefficient (Wildman–Crippen LogP) is 3.13. The van der Waals surface area contributed by atoms with E-state index in [4.69, 9.17) is 4.74 Å². The summed E-state index contributed by atoms with van der Waals surface area (Å²) in [4.78, 5) is 0.177. The third-order valence-electron chi connectivity index (χ3n) is 4.31. The Bertz CT molecular complexity index is 853. The van der Waals surface area contributed by atoms with Gasteiger partial charge in [-0.3, -0.25) is 4.72 Å². The zero-order valence-corrected chi connectivity index (χ0v) is 16.0. The molecule has 5 nitrogen and oxygen atoms in total. The SMILES string of the molecule is CCc1ccc(OC)c(S(=O)(=O)Nc2cccc3c2CCNC3)c1.Cl. The Morgan fingerprint density at radius 1 is 1.24 bits per heavy atom. The van der Waals surface area contributed by atoms with Crippen LogP contribution in [-0.2, 0) is 29.4 Å². The Labute approximate surface area is 155 Å². The fourth-order valence-electron chi connectivity index (χ4n) is 2.98. The molecule has 0 saturated carbocycles. The smallest absolute Gasteiger partial charge is 0.265 e. The molecule has 2 aromatic rings. The molecule has 7 heteroatoms. The van der Waals surface area contributed by atoms with Crippen molar-refractivity contribution in [2.24, 2.45) is 0 Å². The van der Waals surface area contributed by atoms with Gasteiger partial charge in [0.2, 0.25) is 0 Å². The van der Waals surface area contributed by atoms with Gasteiger partial charge in [0.1, 0.15) is 10.6 Å². The molecule has 1 aliphatic rings. The van der Waals surface area contributed by atoms with E-state index in [-0.39, 0.29) is 17.3 Å². The van der Waals surface area contributed by atoms with Crippen LogP contribution in [0.4, 0.5) is 5.69 Å². The van der Waals surface area contributed by atoms with Crippen molar-refractivity contribution in [2.75, 3.05) is 18.4 Å². The number of benzene rings is 2. The highest BCUT2D eigenvalue weighted by molar-refractivity contribution is 7.92. The Hall–Kier alpha value is -1.76. The number of methoxy groups -OCH3 is 1. The topological polar surface area (TPSA) is 67.4 Å². The number of nitrogens with one attached hydrogen (secondary N) is 2. The molecule has 1 aliphatic heterocycles. The van der Waals surface area contributed by atoms with E-state index in [2.05, 4.69) is 10.0 Å². The molecule has 0 radical (unpaired) electrons. The molecule has 0 bridgehead atoms. The number of ether oxygens (including phenoxy) is 1. The van der Waals surface area contributed by atoms with E-state index in [1.165, 1.54) is 7.11 Å². The van der Waals surface area contributed by atoms with Gasteiger partial charge in [-0.1, -0.05) is 25.1 Å². The van der Waals surface area contributed by atoms with Gasteiger partial charge < -0.3 is 10.1 Å². The average molecular weight is 383 g/mol. The van der Waals surface area contributed by atoms with Gasteiger partial charge in [0.25, 0.3) is 10.0 Å². The van der Waals surface area contributed by atoms with E-state index in [1.807, 2.05) is 31.2 Å².